The highest BCUT2D eigenvalue weighted by Gasteiger charge is 2.23. The van der Waals surface area contributed by atoms with E-state index in [1.807, 2.05) is 22.7 Å². The fourth-order valence-corrected chi connectivity index (χ4v) is 12.4. The van der Waals surface area contributed by atoms with Gasteiger partial charge in [0.15, 0.2) is 5.82 Å². The summed E-state index contributed by atoms with van der Waals surface area (Å²) in [5, 5.41) is 16.4. The highest BCUT2D eigenvalue weighted by Crippen LogP contribution is 2.47. The molecule has 0 spiro atoms. The Balaban J connectivity index is 1.10. The molecule has 0 amide bonds. The first-order valence-electron chi connectivity index (χ1n) is 20.0. The molecular weight excluding hydrogens is 755 g/mol. The molecule has 272 valence electrons. The maximum atomic E-state index is 5.62. The summed E-state index contributed by atoms with van der Waals surface area (Å²) in [5.41, 5.74) is 7.55. The molecule has 5 heteroatoms. The minimum atomic E-state index is 0.735. The van der Waals surface area contributed by atoms with E-state index in [0.29, 0.717) is 0 Å². The number of benzene rings is 10. The summed E-state index contributed by atoms with van der Waals surface area (Å²) in [6, 6.07) is 64.5. The highest BCUT2D eigenvalue weighted by molar-refractivity contribution is 7.26. The van der Waals surface area contributed by atoms with E-state index in [9.17, 15) is 0 Å². The quantitative estimate of drug-likeness (QED) is 0.167. The van der Waals surface area contributed by atoms with Gasteiger partial charge >= 0.3 is 0 Å². The number of nitrogens with zero attached hydrogens (tertiary/aromatic N) is 3. The van der Waals surface area contributed by atoms with Crippen molar-refractivity contribution in [3.63, 3.8) is 0 Å². The zero-order chi connectivity index (χ0) is 38.3. The molecule has 0 saturated carbocycles. The van der Waals surface area contributed by atoms with Gasteiger partial charge in [0.1, 0.15) is 0 Å². The fourth-order valence-electron chi connectivity index (χ4n) is 9.99. The summed E-state index contributed by atoms with van der Waals surface area (Å²) in [6.07, 6.45) is 0. The molecule has 0 saturated heterocycles. The average Bonchev–Trinajstić information content (AvgIpc) is 3.97. The summed E-state index contributed by atoms with van der Waals surface area (Å²) in [7, 11) is 0. The van der Waals surface area contributed by atoms with Crippen molar-refractivity contribution in [2.45, 2.75) is 0 Å². The lowest BCUT2D eigenvalue weighted by molar-refractivity contribution is 1.18. The molecule has 0 N–H and O–H groups in total. The third-order valence-electron chi connectivity index (χ3n) is 12.5. The van der Waals surface area contributed by atoms with Gasteiger partial charge in [0.2, 0.25) is 0 Å². The standard InChI is InChI=1S/C54H29N3S2/c1-5-19-43-37(15-1)51(40-18-10-17-36-34-13-3-7-21-46(34)58-52(36)40)56-54(55-43)42-29-33(28-41-35-14-4-8-22-47(35)59-53(41)42)57-44-20-6-2-16-38(44)50-39-26-25-31-12-9-11-30-23-24-32(27-45(50)57)49(39)48(30)31/h1-29H. The lowest BCUT2D eigenvalue weighted by atomic mass is 9.92. The van der Waals surface area contributed by atoms with Gasteiger partial charge in [0.05, 0.1) is 22.2 Å². The summed E-state index contributed by atoms with van der Waals surface area (Å²) < 4.78 is 7.46. The van der Waals surface area contributed by atoms with Crippen LogP contribution < -0.4 is 0 Å². The van der Waals surface area contributed by atoms with Gasteiger partial charge in [-0.25, -0.2) is 9.97 Å². The van der Waals surface area contributed by atoms with Crippen molar-refractivity contribution in [3.8, 4) is 28.3 Å². The van der Waals surface area contributed by atoms with E-state index in [2.05, 4.69) is 180 Å². The molecule has 0 atom stereocenters. The van der Waals surface area contributed by atoms with Crippen molar-refractivity contribution in [1.82, 2.24) is 14.5 Å². The smallest absolute Gasteiger partial charge is 0.161 e. The second-order valence-corrected chi connectivity index (χ2v) is 17.7. The van der Waals surface area contributed by atoms with Gasteiger partial charge in [-0.3, -0.25) is 0 Å². The monoisotopic (exact) mass is 783 g/mol. The minimum Gasteiger partial charge on any atom is -0.309 e. The topological polar surface area (TPSA) is 30.7 Å². The molecule has 0 aliphatic rings. The molecule has 14 rings (SSSR count). The van der Waals surface area contributed by atoms with Crippen LogP contribution in [0.2, 0.25) is 0 Å². The van der Waals surface area contributed by atoms with Crippen LogP contribution in [-0.2, 0) is 0 Å². The van der Waals surface area contributed by atoms with Gasteiger partial charge in [0.25, 0.3) is 0 Å². The summed E-state index contributed by atoms with van der Waals surface area (Å²) in [4.78, 5) is 11.0. The van der Waals surface area contributed by atoms with Crippen molar-refractivity contribution >= 4 is 128 Å². The highest BCUT2D eigenvalue weighted by atomic mass is 32.1. The van der Waals surface area contributed by atoms with Gasteiger partial charge in [-0.15, -0.1) is 22.7 Å². The van der Waals surface area contributed by atoms with Gasteiger partial charge in [-0.2, -0.15) is 0 Å². The summed E-state index contributed by atoms with van der Waals surface area (Å²) in [5.74, 6) is 0.735. The Labute approximate surface area is 345 Å². The van der Waals surface area contributed by atoms with Gasteiger partial charge in [0, 0.05) is 73.3 Å². The van der Waals surface area contributed by atoms with E-state index in [0.717, 1.165) is 39.2 Å². The van der Waals surface area contributed by atoms with E-state index in [4.69, 9.17) is 9.97 Å². The number of hydrogen-bond acceptors (Lipinski definition) is 4. The number of fused-ring (bicyclic) bond motifs is 11. The molecule has 14 aromatic rings. The molecule has 0 fully saturated rings. The first-order valence-corrected chi connectivity index (χ1v) is 21.6. The normalized spacial score (nSPS) is 12.4. The molecule has 0 unspecified atom stereocenters. The molecule has 59 heavy (non-hydrogen) atoms. The largest absolute Gasteiger partial charge is 0.309 e. The van der Waals surface area contributed by atoms with Crippen molar-refractivity contribution in [2.75, 3.05) is 0 Å². The van der Waals surface area contributed by atoms with Crippen LogP contribution in [0.4, 0.5) is 0 Å². The third-order valence-corrected chi connectivity index (χ3v) is 14.9. The molecule has 4 aromatic heterocycles. The average molecular weight is 784 g/mol. The van der Waals surface area contributed by atoms with Crippen LogP contribution in [0, 0.1) is 0 Å². The number of thiophene rings is 2. The Morgan fingerprint density at radius 1 is 0.373 bits per heavy atom. The second-order valence-electron chi connectivity index (χ2n) is 15.6. The number of rotatable bonds is 3. The molecule has 0 bridgehead atoms. The molecule has 4 heterocycles. The van der Waals surface area contributed by atoms with E-state index in [1.54, 1.807) is 0 Å². The lowest BCUT2D eigenvalue weighted by Crippen LogP contribution is -1.98. The van der Waals surface area contributed by atoms with Crippen LogP contribution in [-0.4, -0.2) is 14.5 Å². The van der Waals surface area contributed by atoms with Crippen molar-refractivity contribution < 1.29 is 0 Å². The molecule has 0 aliphatic heterocycles. The predicted octanol–water partition coefficient (Wildman–Crippen LogP) is 15.7. The minimum absolute atomic E-state index is 0.735. The summed E-state index contributed by atoms with van der Waals surface area (Å²) in [6.45, 7) is 0. The van der Waals surface area contributed by atoms with Crippen LogP contribution in [0.15, 0.2) is 176 Å². The van der Waals surface area contributed by atoms with E-state index in [1.165, 1.54) is 94.5 Å². The summed E-state index contributed by atoms with van der Waals surface area (Å²) >= 11 is 3.67. The molecule has 0 aliphatic carbocycles. The van der Waals surface area contributed by atoms with Crippen LogP contribution in [0.1, 0.15) is 0 Å². The van der Waals surface area contributed by atoms with Crippen molar-refractivity contribution in [1.29, 1.82) is 0 Å². The van der Waals surface area contributed by atoms with E-state index >= 15 is 0 Å². The van der Waals surface area contributed by atoms with Gasteiger partial charge < -0.3 is 4.57 Å². The lowest BCUT2D eigenvalue weighted by Gasteiger charge is -2.15. The fraction of sp³-hybridized carbons (Fsp3) is 0. The zero-order valence-corrected chi connectivity index (χ0v) is 33.0. The number of hydrogen-bond donors (Lipinski definition) is 0. The maximum absolute atomic E-state index is 5.62. The Bertz CT molecular complexity index is 4080. The van der Waals surface area contributed by atoms with Gasteiger partial charge in [-0.1, -0.05) is 133 Å². The Hall–Kier alpha value is -7.18. The van der Waals surface area contributed by atoms with Crippen LogP contribution >= 0.6 is 22.7 Å². The maximum Gasteiger partial charge on any atom is 0.161 e. The van der Waals surface area contributed by atoms with Crippen molar-refractivity contribution in [2.24, 2.45) is 0 Å². The predicted molar refractivity (Wildman–Crippen MR) is 254 cm³/mol. The molecule has 3 nitrogen and oxygen atoms in total. The SMILES string of the molecule is c1cc2ccc3cc4c(c5ccc(c1)c2c35)c1ccccc1n4-c1cc(-c2nc(-c3cccc4c3sc3ccccc34)c3ccccc3n2)c2sc3ccccc3c2c1. The Morgan fingerprint density at radius 2 is 1.02 bits per heavy atom. The Kier molecular flexibility index (Phi) is 6.32. The van der Waals surface area contributed by atoms with Crippen LogP contribution in [0.3, 0.4) is 0 Å². The molecular formula is C54H29N3S2. The third kappa shape index (κ3) is 4.35. The van der Waals surface area contributed by atoms with Gasteiger partial charge in [-0.05, 0) is 74.8 Å². The van der Waals surface area contributed by atoms with Crippen molar-refractivity contribution in [3.05, 3.63) is 176 Å². The van der Waals surface area contributed by atoms with E-state index in [-0.39, 0.29) is 0 Å². The first kappa shape index (κ1) is 31.9. The first-order chi connectivity index (χ1) is 29.2. The zero-order valence-electron chi connectivity index (χ0n) is 31.4. The van der Waals surface area contributed by atoms with Crippen LogP contribution in [0.25, 0.3) is 134 Å². The second kappa shape index (κ2) is 11.7. The van der Waals surface area contributed by atoms with Crippen LogP contribution in [0.5, 0.6) is 0 Å². The molecule has 0 radical (unpaired) electrons. The van der Waals surface area contributed by atoms with E-state index < -0.39 is 0 Å². The number of para-hydroxylation sites is 2. The molecule has 10 aromatic carbocycles. The number of aromatic nitrogens is 3. The Morgan fingerprint density at radius 3 is 1.85 bits per heavy atom.